The van der Waals surface area contributed by atoms with Gasteiger partial charge in [0.15, 0.2) is 0 Å². The summed E-state index contributed by atoms with van der Waals surface area (Å²) in [6.07, 6.45) is 0. The lowest BCUT2D eigenvalue weighted by atomic mass is 9.90. The molecule has 0 saturated heterocycles. The SMILES string of the molecule is [2H]c1c([2H])c([2H])c(-c2c3c([2H])c([2H])c([2H])c([2H])c3c(-n3c(C)nc4ccccc43)c3c([2H])c([2H])c([2H])c([2H])c23)c([2H])c1[2H]. The fourth-order valence-corrected chi connectivity index (χ4v) is 3.88. The summed E-state index contributed by atoms with van der Waals surface area (Å²) in [6.45, 7) is 1.65. The van der Waals surface area contributed by atoms with E-state index in [1.165, 1.54) is 0 Å². The summed E-state index contributed by atoms with van der Waals surface area (Å²) in [5.41, 5.74) is 0.267. The molecule has 0 N–H and O–H groups in total. The molecule has 0 aliphatic heterocycles. The van der Waals surface area contributed by atoms with Gasteiger partial charge in [-0.15, -0.1) is 0 Å². The average molecular weight is 398 g/mol. The van der Waals surface area contributed by atoms with Crippen LogP contribution in [0, 0.1) is 6.92 Å². The number of hydrogen-bond acceptors (Lipinski definition) is 1. The summed E-state index contributed by atoms with van der Waals surface area (Å²) in [6, 6.07) is -1.38. The van der Waals surface area contributed by atoms with Crippen molar-refractivity contribution in [2.75, 3.05) is 0 Å². The Labute approximate surface area is 193 Å². The second kappa shape index (κ2) is 6.57. The third kappa shape index (κ3) is 2.40. The Kier molecular flexibility index (Phi) is 1.85. The Morgan fingerprint density at radius 2 is 1.27 bits per heavy atom. The van der Waals surface area contributed by atoms with Crippen molar-refractivity contribution in [2.45, 2.75) is 6.92 Å². The quantitative estimate of drug-likeness (QED) is 0.280. The number of nitrogens with zero attached hydrogens (tertiary/aromatic N) is 2. The molecule has 1 heterocycles. The van der Waals surface area contributed by atoms with Gasteiger partial charge in [0.05, 0.1) is 34.5 Å². The molecule has 0 amide bonds. The van der Waals surface area contributed by atoms with Gasteiger partial charge in [-0.25, -0.2) is 4.98 Å². The van der Waals surface area contributed by atoms with Gasteiger partial charge in [-0.1, -0.05) is 90.7 Å². The normalized spacial score (nSPS) is 17.6. The molecule has 0 aliphatic rings. The Bertz CT molecular complexity index is 2130. The highest BCUT2D eigenvalue weighted by Crippen LogP contribution is 2.41. The van der Waals surface area contributed by atoms with E-state index >= 15 is 0 Å². The fourth-order valence-electron chi connectivity index (χ4n) is 3.88. The summed E-state index contributed by atoms with van der Waals surface area (Å²) in [5.74, 6) is 0.360. The number of aryl methyl sites for hydroxylation is 1. The fraction of sp³-hybridized carbons (Fsp3) is 0.0357. The third-order valence-corrected chi connectivity index (χ3v) is 5.05. The molecule has 6 rings (SSSR count). The van der Waals surface area contributed by atoms with Crippen LogP contribution in [0.5, 0.6) is 0 Å². The number of hydrogen-bond donors (Lipinski definition) is 0. The zero-order valence-corrected chi connectivity index (χ0v) is 15.7. The summed E-state index contributed by atoms with van der Waals surface area (Å²) in [4.78, 5) is 4.58. The van der Waals surface area contributed by atoms with E-state index in [2.05, 4.69) is 4.98 Å². The largest absolute Gasteiger partial charge is 0.295 e. The second-order valence-electron chi connectivity index (χ2n) is 6.71. The summed E-state index contributed by atoms with van der Waals surface area (Å²) in [5, 5.41) is -0.823. The molecular weight excluding hydrogens is 364 g/mol. The molecule has 0 aliphatic carbocycles. The van der Waals surface area contributed by atoms with E-state index in [-0.39, 0.29) is 32.8 Å². The lowest BCUT2D eigenvalue weighted by molar-refractivity contribution is 1.02. The Morgan fingerprint density at radius 1 is 0.700 bits per heavy atom. The molecule has 30 heavy (non-hydrogen) atoms. The van der Waals surface area contributed by atoms with E-state index in [1.54, 1.807) is 35.8 Å². The smallest absolute Gasteiger partial charge is 0.111 e. The van der Waals surface area contributed by atoms with Crippen molar-refractivity contribution in [3.05, 3.63) is 109 Å². The van der Waals surface area contributed by atoms with Crippen molar-refractivity contribution >= 4 is 32.6 Å². The maximum atomic E-state index is 9.01. The first-order valence-corrected chi connectivity index (χ1v) is 9.20. The molecule has 142 valence electrons. The van der Waals surface area contributed by atoms with Crippen LogP contribution >= 0.6 is 0 Å². The van der Waals surface area contributed by atoms with Crippen LogP contribution in [0.2, 0.25) is 0 Å². The third-order valence-electron chi connectivity index (χ3n) is 5.05. The summed E-state index contributed by atoms with van der Waals surface area (Å²) < 4.78 is 114. The molecular formula is C28H20N2. The molecule has 2 nitrogen and oxygen atoms in total. The molecule has 6 aromatic rings. The monoisotopic (exact) mass is 397 g/mol. The van der Waals surface area contributed by atoms with E-state index in [1.807, 2.05) is 0 Å². The lowest BCUT2D eigenvalue weighted by Crippen LogP contribution is -2.01. The number of para-hydroxylation sites is 2. The highest BCUT2D eigenvalue weighted by Gasteiger charge is 2.18. The molecule has 2 heteroatoms. The molecule has 0 radical (unpaired) electrons. The van der Waals surface area contributed by atoms with Crippen molar-refractivity contribution in [1.29, 1.82) is 0 Å². The predicted molar refractivity (Wildman–Crippen MR) is 126 cm³/mol. The Morgan fingerprint density at radius 3 is 1.93 bits per heavy atom. The molecule has 0 saturated carbocycles. The van der Waals surface area contributed by atoms with E-state index in [4.69, 9.17) is 17.8 Å². The molecule has 0 spiro atoms. The number of rotatable bonds is 2. The van der Waals surface area contributed by atoms with Gasteiger partial charge in [-0.3, -0.25) is 4.57 Å². The van der Waals surface area contributed by atoms with E-state index < -0.39 is 84.1 Å². The highest BCUT2D eigenvalue weighted by atomic mass is 15.1. The summed E-state index contributed by atoms with van der Waals surface area (Å²) >= 11 is 0. The van der Waals surface area contributed by atoms with Gasteiger partial charge in [0.1, 0.15) is 5.82 Å². The van der Waals surface area contributed by atoms with Gasteiger partial charge < -0.3 is 0 Å². The van der Waals surface area contributed by atoms with Crippen LogP contribution in [-0.2, 0) is 0 Å². The van der Waals surface area contributed by atoms with Crippen LogP contribution in [0.1, 0.15) is 23.6 Å². The minimum atomic E-state index is -0.709. The van der Waals surface area contributed by atoms with Crippen molar-refractivity contribution in [3.63, 3.8) is 0 Å². The van der Waals surface area contributed by atoms with Crippen LogP contribution in [0.3, 0.4) is 0 Å². The standard InChI is InChI=1S/C28H20N2/c1-19-29-25-17-9-10-18-26(25)30(19)28-23-15-7-5-13-21(23)27(20-11-3-2-4-12-20)22-14-6-8-16-24(22)28/h2-18H,1H3/i2D,3D,4D,5D,6D,7D,8D,11D,12D,13D,14D,15D,16D. The van der Waals surface area contributed by atoms with E-state index in [9.17, 15) is 0 Å². The van der Waals surface area contributed by atoms with Crippen LogP contribution < -0.4 is 0 Å². The maximum absolute atomic E-state index is 9.01. The van der Waals surface area contributed by atoms with E-state index in [0.29, 0.717) is 16.9 Å². The van der Waals surface area contributed by atoms with Gasteiger partial charge in [0.25, 0.3) is 0 Å². The molecule has 0 fully saturated rings. The average Bonchev–Trinajstić information content (AvgIpc) is 3.32. The minimum absolute atomic E-state index is 0.00585. The van der Waals surface area contributed by atoms with Gasteiger partial charge >= 0.3 is 0 Å². The molecule has 5 aromatic carbocycles. The number of benzene rings is 5. The molecule has 0 bridgehead atoms. The van der Waals surface area contributed by atoms with Gasteiger partial charge in [-0.2, -0.15) is 0 Å². The van der Waals surface area contributed by atoms with Crippen molar-refractivity contribution < 1.29 is 17.8 Å². The van der Waals surface area contributed by atoms with Crippen molar-refractivity contribution in [1.82, 2.24) is 9.55 Å². The number of imidazole rings is 1. The topological polar surface area (TPSA) is 17.8 Å². The van der Waals surface area contributed by atoms with Gasteiger partial charge in [-0.05, 0) is 41.0 Å². The first kappa shape index (κ1) is 8.45. The molecule has 1 aromatic heterocycles. The zero-order chi connectivity index (χ0) is 31.4. The first-order valence-electron chi connectivity index (χ1n) is 15.7. The first-order chi connectivity index (χ1) is 20.2. The summed E-state index contributed by atoms with van der Waals surface area (Å²) in [7, 11) is 0. The van der Waals surface area contributed by atoms with Crippen LogP contribution in [-0.4, -0.2) is 9.55 Å². The highest BCUT2D eigenvalue weighted by molar-refractivity contribution is 6.18. The Balaban J connectivity index is 2.10. The molecule has 0 unspecified atom stereocenters. The minimum Gasteiger partial charge on any atom is -0.295 e. The second-order valence-corrected chi connectivity index (χ2v) is 6.71. The predicted octanol–water partition coefficient (Wildman–Crippen LogP) is 7.31. The lowest BCUT2D eigenvalue weighted by Gasteiger charge is -2.19. The van der Waals surface area contributed by atoms with Gasteiger partial charge in [0.2, 0.25) is 0 Å². The van der Waals surface area contributed by atoms with Crippen molar-refractivity contribution in [2.24, 2.45) is 0 Å². The van der Waals surface area contributed by atoms with E-state index in [0.717, 1.165) is 0 Å². The Hall–Kier alpha value is -3.91. The van der Waals surface area contributed by atoms with Crippen LogP contribution in [0.25, 0.3) is 49.4 Å². The number of aromatic nitrogens is 2. The van der Waals surface area contributed by atoms with Gasteiger partial charge in [0, 0.05) is 10.8 Å². The number of fused-ring (bicyclic) bond motifs is 3. The van der Waals surface area contributed by atoms with Crippen LogP contribution in [0.15, 0.2) is 103 Å². The van der Waals surface area contributed by atoms with Crippen LogP contribution in [0.4, 0.5) is 0 Å². The van der Waals surface area contributed by atoms with Crippen molar-refractivity contribution in [3.8, 4) is 16.8 Å². The molecule has 0 atom stereocenters. The maximum Gasteiger partial charge on any atom is 0.111 e. The zero-order valence-electron chi connectivity index (χ0n) is 28.7.